The van der Waals surface area contributed by atoms with Crippen molar-refractivity contribution in [1.82, 2.24) is 19.4 Å². The van der Waals surface area contributed by atoms with Crippen molar-refractivity contribution in [3.05, 3.63) is 31.8 Å². The van der Waals surface area contributed by atoms with E-state index < -0.39 is 11.4 Å². The Morgan fingerprint density at radius 2 is 2.17 bits per heavy atom. The lowest BCUT2D eigenvalue weighted by Gasteiger charge is -1.87. The highest BCUT2D eigenvalue weighted by atomic mass is 79.9. The van der Waals surface area contributed by atoms with Crippen molar-refractivity contribution in [2.45, 2.75) is 0 Å². The maximum absolute atomic E-state index is 11.0. The van der Waals surface area contributed by atoms with Crippen molar-refractivity contribution in [3.63, 3.8) is 0 Å². The Bertz CT molecular complexity index is 536. The van der Waals surface area contributed by atoms with Crippen LogP contribution in [0.5, 0.6) is 0 Å². The second-order valence-electron chi connectivity index (χ2n) is 2.14. The van der Waals surface area contributed by atoms with Gasteiger partial charge in [-0.1, -0.05) is 0 Å². The fourth-order valence-corrected chi connectivity index (χ4v) is 1.26. The van der Waals surface area contributed by atoms with E-state index in [1.165, 1.54) is 10.6 Å². The van der Waals surface area contributed by atoms with Crippen LogP contribution in [0.1, 0.15) is 0 Å². The monoisotopic (exact) mass is 230 g/mol. The molecule has 0 aromatic carbocycles. The van der Waals surface area contributed by atoms with E-state index in [0.29, 0.717) is 4.60 Å². The molecule has 2 aromatic heterocycles. The van der Waals surface area contributed by atoms with Crippen LogP contribution < -0.4 is 11.4 Å². The number of H-pyrrole nitrogens is 2. The Hall–Kier alpha value is -1.37. The van der Waals surface area contributed by atoms with Gasteiger partial charge < -0.3 is 0 Å². The Morgan fingerprint density at radius 1 is 1.42 bits per heavy atom. The van der Waals surface area contributed by atoms with Gasteiger partial charge in [-0.2, -0.15) is 0 Å². The van der Waals surface area contributed by atoms with Gasteiger partial charge in [0.15, 0.2) is 0 Å². The van der Waals surface area contributed by atoms with Gasteiger partial charge in [-0.05, 0) is 15.9 Å². The van der Waals surface area contributed by atoms with Crippen molar-refractivity contribution < 1.29 is 0 Å². The number of rotatable bonds is 0. The summed E-state index contributed by atoms with van der Waals surface area (Å²) in [6.45, 7) is 0. The highest BCUT2D eigenvalue weighted by Gasteiger charge is 2.01. The molecule has 2 heterocycles. The van der Waals surface area contributed by atoms with E-state index in [0.717, 1.165) is 0 Å². The molecule has 6 nitrogen and oxygen atoms in total. The Balaban J connectivity index is 3.08. The first-order chi connectivity index (χ1) is 5.66. The third-order valence-electron chi connectivity index (χ3n) is 1.34. The van der Waals surface area contributed by atoms with Crippen LogP contribution >= 0.6 is 15.9 Å². The molecule has 0 fully saturated rings. The summed E-state index contributed by atoms with van der Waals surface area (Å²) in [5, 5.41) is 0. The van der Waals surface area contributed by atoms with E-state index in [2.05, 4.69) is 30.9 Å². The molecule has 12 heavy (non-hydrogen) atoms. The molecule has 0 aliphatic rings. The van der Waals surface area contributed by atoms with Crippen molar-refractivity contribution in [2.75, 3.05) is 0 Å². The Labute approximate surface area is 73.4 Å². The number of fused-ring (bicyclic) bond motifs is 1. The highest BCUT2D eigenvalue weighted by molar-refractivity contribution is 9.10. The molecule has 2 aromatic rings. The lowest BCUT2D eigenvalue weighted by atomic mass is 10.9. The fourth-order valence-electron chi connectivity index (χ4n) is 0.885. The third-order valence-corrected chi connectivity index (χ3v) is 1.72. The van der Waals surface area contributed by atoms with E-state index in [1.807, 2.05) is 0 Å². The Morgan fingerprint density at radius 3 is 2.92 bits per heavy atom. The second-order valence-corrected chi connectivity index (χ2v) is 2.95. The number of imidazole rings is 1. The van der Waals surface area contributed by atoms with Gasteiger partial charge in [0, 0.05) is 0 Å². The van der Waals surface area contributed by atoms with Gasteiger partial charge in [-0.15, -0.1) is 0 Å². The minimum absolute atomic E-state index is 0.218. The smallest absolute Gasteiger partial charge is 0.277 e. The molecular weight excluding hydrogens is 228 g/mol. The number of hydrogen-bond acceptors (Lipinski definition) is 3. The minimum atomic E-state index is -0.564. The van der Waals surface area contributed by atoms with E-state index in [-0.39, 0.29) is 5.78 Å². The highest BCUT2D eigenvalue weighted by Crippen LogP contribution is 2.04. The first-order valence-corrected chi connectivity index (χ1v) is 3.83. The van der Waals surface area contributed by atoms with Crippen LogP contribution in [0.15, 0.2) is 20.4 Å². The average molecular weight is 231 g/mol. The minimum Gasteiger partial charge on any atom is -0.277 e. The molecule has 0 amide bonds. The molecule has 0 unspecified atom stereocenters. The molecule has 62 valence electrons. The van der Waals surface area contributed by atoms with Crippen LogP contribution in [-0.2, 0) is 0 Å². The molecule has 0 saturated carbocycles. The van der Waals surface area contributed by atoms with Gasteiger partial charge in [-0.25, -0.2) is 19.0 Å². The topological polar surface area (TPSA) is 83.0 Å². The predicted octanol–water partition coefficient (Wildman–Crippen LogP) is -0.527. The van der Waals surface area contributed by atoms with Crippen LogP contribution in [0.2, 0.25) is 0 Å². The molecule has 2 N–H and O–H groups in total. The molecule has 2 rings (SSSR count). The van der Waals surface area contributed by atoms with E-state index >= 15 is 0 Å². The van der Waals surface area contributed by atoms with Crippen molar-refractivity contribution in [1.29, 1.82) is 0 Å². The van der Waals surface area contributed by atoms with Crippen LogP contribution in [0.4, 0.5) is 0 Å². The number of nitrogens with one attached hydrogen (secondary N) is 2. The summed E-state index contributed by atoms with van der Waals surface area (Å²) in [5.41, 5.74) is -1.07. The molecule has 0 aliphatic heterocycles. The summed E-state index contributed by atoms with van der Waals surface area (Å²) in [7, 11) is 0. The van der Waals surface area contributed by atoms with Gasteiger partial charge in [-0.3, -0.25) is 9.97 Å². The van der Waals surface area contributed by atoms with Crippen LogP contribution in [0.3, 0.4) is 0 Å². The largest absolute Gasteiger partial charge is 0.336 e. The fraction of sp³-hybridized carbons (Fsp3) is 0. The van der Waals surface area contributed by atoms with Crippen LogP contribution in [-0.4, -0.2) is 19.4 Å². The average Bonchev–Trinajstić information content (AvgIpc) is 2.29. The maximum Gasteiger partial charge on any atom is 0.336 e. The standard InChI is InChI=1S/C5H3BrN4O2/c6-2-1-10-3(7-2)8-4(11)9-5(10)12/h1H,(H2,7,8,9,11,12). The van der Waals surface area contributed by atoms with Crippen LogP contribution in [0, 0.1) is 0 Å². The van der Waals surface area contributed by atoms with Crippen molar-refractivity contribution >= 4 is 21.7 Å². The summed E-state index contributed by atoms with van der Waals surface area (Å²) >= 11 is 3.08. The number of aromatic nitrogens is 4. The number of hydrogen-bond donors (Lipinski definition) is 2. The number of aromatic amines is 2. The van der Waals surface area contributed by atoms with Gasteiger partial charge in [0.25, 0.3) is 0 Å². The molecule has 0 radical (unpaired) electrons. The van der Waals surface area contributed by atoms with Crippen LogP contribution in [0.25, 0.3) is 5.78 Å². The van der Waals surface area contributed by atoms with E-state index in [1.54, 1.807) is 0 Å². The zero-order valence-electron chi connectivity index (χ0n) is 5.67. The quantitative estimate of drug-likeness (QED) is 0.639. The van der Waals surface area contributed by atoms with Crippen molar-refractivity contribution in [3.8, 4) is 0 Å². The number of halogens is 1. The third kappa shape index (κ3) is 0.981. The first kappa shape index (κ1) is 7.29. The maximum atomic E-state index is 11.0. The molecular formula is C5H3BrN4O2. The van der Waals surface area contributed by atoms with E-state index in [9.17, 15) is 9.59 Å². The zero-order valence-corrected chi connectivity index (χ0v) is 7.25. The summed E-state index contributed by atoms with van der Waals surface area (Å²) < 4.78 is 1.70. The normalized spacial score (nSPS) is 10.8. The molecule has 0 bridgehead atoms. The molecule has 7 heteroatoms. The lowest BCUT2D eigenvalue weighted by Crippen LogP contribution is -2.27. The summed E-state index contributed by atoms with van der Waals surface area (Å²) in [6, 6.07) is 0. The SMILES string of the molecule is O=c1[nH]c(=O)n2cc(Br)nc2[nH]1. The lowest BCUT2D eigenvalue weighted by molar-refractivity contribution is 0.907. The number of nitrogens with zero attached hydrogens (tertiary/aromatic N) is 2. The van der Waals surface area contributed by atoms with Gasteiger partial charge in [0.05, 0.1) is 6.20 Å². The van der Waals surface area contributed by atoms with E-state index in [4.69, 9.17) is 0 Å². The zero-order chi connectivity index (χ0) is 8.72. The summed E-state index contributed by atoms with van der Waals surface area (Å²) in [5.74, 6) is 0.218. The molecule has 0 atom stereocenters. The van der Waals surface area contributed by atoms with Gasteiger partial charge in [0.2, 0.25) is 5.78 Å². The first-order valence-electron chi connectivity index (χ1n) is 3.04. The summed E-state index contributed by atoms with van der Waals surface area (Å²) in [6.07, 6.45) is 1.46. The van der Waals surface area contributed by atoms with Crippen molar-refractivity contribution in [2.24, 2.45) is 0 Å². The second kappa shape index (κ2) is 2.31. The molecule has 0 saturated heterocycles. The van der Waals surface area contributed by atoms with Gasteiger partial charge in [0.1, 0.15) is 4.60 Å². The summed E-state index contributed by atoms with van der Waals surface area (Å²) in [4.78, 5) is 30.0. The predicted molar refractivity (Wildman–Crippen MR) is 44.1 cm³/mol. The Kier molecular flexibility index (Phi) is 1.40. The molecule has 0 aliphatic carbocycles. The molecule has 0 spiro atoms. The van der Waals surface area contributed by atoms with Gasteiger partial charge >= 0.3 is 11.4 Å².